The molecule has 5 heteroatoms. The van der Waals surface area contributed by atoms with Crippen LogP contribution in [0.25, 0.3) is 0 Å². The molecule has 0 aliphatic carbocycles. The fourth-order valence-electron chi connectivity index (χ4n) is 0.559. The fourth-order valence-corrected chi connectivity index (χ4v) is 0.559. The molecule has 58 valence electrons. The summed E-state index contributed by atoms with van der Waals surface area (Å²) in [5.41, 5.74) is 6.11. The lowest BCUT2D eigenvalue weighted by Gasteiger charge is -1.94. The first-order valence-corrected chi connectivity index (χ1v) is 2.96. The van der Waals surface area contributed by atoms with Crippen LogP contribution in [0.1, 0.15) is 5.56 Å². The van der Waals surface area contributed by atoms with Gasteiger partial charge in [-0.3, -0.25) is 0 Å². The van der Waals surface area contributed by atoms with Crippen LogP contribution in [0.5, 0.6) is 0 Å². The Labute approximate surface area is 63.9 Å². The molecule has 1 rings (SSSR count). The highest BCUT2D eigenvalue weighted by atomic mass is 16.6. The van der Waals surface area contributed by atoms with Crippen LogP contribution in [0.4, 0.5) is 5.82 Å². The second-order valence-corrected chi connectivity index (χ2v) is 1.78. The third-order valence-corrected chi connectivity index (χ3v) is 1.07. The molecular formula is C6H8N4O. The van der Waals surface area contributed by atoms with Gasteiger partial charge in [-0.25, -0.2) is 9.97 Å². The molecule has 1 aromatic heterocycles. The van der Waals surface area contributed by atoms with Crippen LogP contribution < -0.4 is 5.73 Å². The normalized spacial score (nSPS) is 10.3. The lowest BCUT2D eigenvalue weighted by Crippen LogP contribution is -1.97. The quantitative estimate of drug-likeness (QED) is 0.479. The molecular weight excluding hydrogens is 144 g/mol. The Balaban J connectivity index is 2.86. The van der Waals surface area contributed by atoms with Crippen molar-refractivity contribution in [1.29, 1.82) is 0 Å². The van der Waals surface area contributed by atoms with Gasteiger partial charge in [-0.2, -0.15) is 0 Å². The second kappa shape index (κ2) is 3.50. The summed E-state index contributed by atoms with van der Waals surface area (Å²) in [4.78, 5) is 12.0. The van der Waals surface area contributed by atoms with E-state index in [1.54, 1.807) is 6.20 Å². The fraction of sp³-hybridized carbons (Fsp3) is 0.167. The summed E-state index contributed by atoms with van der Waals surface area (Å²) in [5.74, 6) is 0.390. The highest BCUT2D eigenvalue weighted by Crippen LogP contribution is 2.00. The standard InChI is InChI=1S/C6H8N4O/c1-11-10-3-5-2-8-4-9-6(5)7/h2-4H,1H3,(H2,7,8,9). The summed E-state index contributed by atoms with van der Waals surface area (Å²) in [6.45, 7) is 0. The van der Waals surface area contributed by atoms with Crippen molar-refractivity contribution in [3.8, 4) is 0 Å². The average molecular weight is 152 g/mol. The molecule has 11 heavy (non-hydrogen) atoms. The van der Waals surface area contributed by atoms with Crippen molar-refractivity contribution in [2.45, 2.75) is 0 Å². The molecule has 0 aromatic carbocycles. The van der Waals surface area contributed by atoms with E-state index >= 15 is 0 Å². The first-order valence-electron chi connectivity index (χ1n) is 2.96. The Morgan fingerprint density at radius 3 is 3.18 bits per heavy atom. The summed E-state index contributed by atoms with van der Waals surface area (Å²) >= 11 is 0. The molecule has 0 saturated carbocycles. The maximum Gasteiger partial charge on any atom is 0.135 e. The Morgan fingerprint density at radius 2 is 2.55 bits per heavy atom. The number of oxime groups is 1. The van der Waals surface area contributed by atoms with Crippen LogP contribution in [0, 0.1) is 0 Å². The minimum Gasteiger partial charge on any atom is -0.399 e. The molecule has 0 amide bonds. The minimum absolute atomic E-state index is 0.390. The zero-order valence-corrected chi connectivity index (χ0v) is 6.06. The predicted molar refractivity (Wildman–Crippen MR) is 41.0 cm³/mol. The van der Waals surface area contributed by atoms with E-state index in [9.17, 15) is 0 Å². The highest BCUT2D eigenvalue weighted by Gasteiger charge is 1.93. The van der Waals surface area contributed by atoms with E-state index in [0.717, 1.165) is 0 Å². The monoisotopic (exact) mass is 152 g/mol. The molecule has 0 bridgehead atoms. The lowest BCUT2D eigenvalue weighted by atomic mass is 10.3. The Kier molecular flexibility index (Phi) is 2.37. The van der Waals surface area contributed by atoms with Crippen LogP contribution in [-0.4, -0.2) is 23.3 Å². The Hall–Kier alpha value is -1.65. The van der Waals surface area contributed by atoms with E-state index in [0.29, 0.717) is 11.4 Å². The molecule has 0 saturated heterocycles. The van der Waals surface area contributed by atoms with Crippen molar-refractivity contribution < 1.29 is 4.84 Å². The van der Waals surface area contributed by atoms with Gasteiger partial charge in [0.1, 0.15) is 19.3 Å². The molecule has 5 nitrogen and oxygen atoms in total. The van der Waals surface area contributed by atoms with Crippen LogP contribution in [0.3, 0.4) is 0 Å². The molecule has 0 unspecified atom stereocenters. The van der Waals surface area contributed by atoms with E-state index in [-0.39, 0.29) is 0 Å². The lowest BCUT2D eigenvalue weighted by molar-refractivity contribution is 0.215. The number of nitrogens with two attached hydrogens (primary N) is 1. The Morgan fingerprint density at radius 1 is 1.73 bits per heavy atom. The molecule has 0 aliphatic rings. The van der Waals surface area contributed by atoms with Crippen molar-refractivity contribution in [3.05, 3.63) is 18.1 Å². The molecule has 0 aliphatic heterocycles. The number of aromatic nitrogens is 2. The number of anilines is 1. The topological polar surface area (TPSA) is 73.4 Å². The largest absolute Gasteiger partial charge is 0.399 e. The van der Waals surface area contributed by atoms with Gasteiger partial charge in [0.15, 0.2) is 0 Å². The smallest absolute Gasteiger partial charge is 0.135 e. The van der Waals surface area contributed by atoms with Gasteiger partial charge in [0.05, 0.1) is 11.8 Å². The average Bonchev–Trinajstić information content (AvgIpc) is 2.03. The van der Waals surface area contributed by atoms with Gasteiger partial charge in [0.2, 0.25) is 0 Å². The van der Waals surface area contributed by atoms with Gasteiger partial charge in [0.25, 0.3) is 0 Å². The van der Waals surface area contributed by atoms with E-state index < -0.39 is 0 Å². The van der Waals surface area contributed by atoms with Gasteiger partial charge < -0.3 is 10.6 Å². The molecule has 1 heterocycles. The summed E-state index contributed by atoms with van der Waals surface area (Å²) in [6, 6.07) is 0. The first kappa shape index (κ1) is 7.46. The second-order valence-electron chi connectivity index (χ2n) is 1.78. The summed E-state index contributed by atoms with van der Waals surface area (Å²) in [6.07, 6.45) is 4.39. The van der Waals surface area contributed by atoms with Crippen LogP contribution in [0.15, 0.2) is 17.7 Å². The predicted octanol–water partition coefficient (Wildman–Crippen LogP) is 0.0391. The van der Waals surface area contributed by atoms with Crippen molar-refractivity contribution in [1.82, 2.24) is 9.97 Å². The number of hydrogen-bond acceptors (Lipinski definition) is 5. The third-order valence-electron chi connectivity index (χ3n) is 1.07. The van der Waals surface area contributed by atoms with E-state index in [1.165, 1.54) is 19.7 Å². The molecule has 1 aromatic rings. The minimum atomic E-state index is 0.390. The van der Waals surface area contributed by atoms with E-state index in [2.05, 4.69) is 20.0 Å². The van der Waals surface area contributed by atoms with Gasteiger partial charge in [-0.1, -0.05) is 5.16 Å². The van der Waals surface area contributed by atoms with Gasteiger partial charge in [-0.05, 0) is 0 Å². The van der Waals surface area contributed by atoms with Gasteiger partial charge >= 0.3 is 0 Å². The first-order chi connectivity index (χ1) is 5.34. The van der Waals surface area contributed by atoms with Crippen molar-refractivity contribution >= 4 is 12.0 Å². The third kappa shape index (κ3) is 1.89. The van der Waals surface area contributed by atoms with E-state index in [1.807, 2.05) is 0 Å². The van der Waals surface area contributed by atoms with Crippen LogP contribution >= 0.6 is 0 Å². The summed E-state index contributed by atoms with van der Waals surface area (Å²) < 4.78 is 0. The molecule has 2 N–H and O–H groups in total. The van der Waals surface area contributed by atoms with Crippen LogP contribution in [0.2, 0.25) is 0 Å². The number of rotatable bonds is 2. The zero-order chi connectivity index (χ0) is 8.10. The van der Waals surface area contributed by atoms with Crippen LogP contribution in [-0.2, 0) is 4.84 Å². The molecule has 0 radical (unpaired) electrons. The van der Waals surface area contributed by atoms with E-state index in [4.69, 9.17) is 5.73 Å². The number of hydrogen-bond donors (Lipinski definition) is 1. The molecule has 0 fully saturated rings. The SMILES string of the molecule is CON=Cc1cncnc1N. The molecule has 0 spiro atoms. The number of nitrogen functional groups attached to an aromatic ring is 1. The summed E-state index contributed by atoms with van der Waals surface area (Å²) in [7, 11) is 1.45. The van der Waals surface area contributed by atoms with Gasteiger partial charge in [-0.15, -0.1) is 0 Å². The van der Waals surface area contributed by atoms with Crippen molar-refractivity contribution in [2.24, 2.45) is 5.16 Å². The highest BCUT2D eigenvalue weighted by molar-refractivity contribution is 5.84. The number of nitrogens with zero attached hydrogens (tertiary/aromatic N) is 3. The molecule has 0 atom stereocenters. The van der Waals surface area contributed by atoms with Gasteiger partial charge in [0, 0.05) is 6.20 Å². The maximum absolute atomic E-state index is 5.46. The Bertz CT molecular complexity index is 261. The van der Waals surface area contributed by atoms with Crippen molar-refractivity contribution in [3.63, 3.8) is 0 Å². The van der Waals surface area contributed by atoms with Crippen molar-refractivity contribution in [2.75, 3.05) is 12.8 Å². The maximum atomic E-state index is 5.46. The summed E-state index contributed by atoms with van der Waals surface area (Å²) in [5, 5.41) is 3.52. The zero-order valence-electron chi connectivity index (χ0n) is 6.06.